The summed E-state index contributed by atoms with van der Waals surface area (Å²) in [6.07, 6.45) is -0.531. The average molecular weight is 340 g/mol. The number of esters is 2. The minimum absolute atomic E-state index is 0.211. The summed E-state index contributed by atoms with van der Waals surface area (Å²) in [4.78, 5) is 42.7. The number of benzene rings is 1. The molecule has 12 nitrogen and oxygen atoms in total. The highest BCUT2D eigenvalue weighted by molar-refractivity contribution is 6.39. The van der Waals surface area contributed by atoms with Gasteiger partial charge >= 0.3 is 17.6 Å². The Hall–Kier alpha value is -3.57. The second-order valence-electron chi connectivity index (χ2n) is 4.13. The molecular formula is C12H12N4O8. The first-order chi connectivity index (χ1) is 11.3. The Morgan fingerprint density at radius 2 is 1.83 bits per heavy atom. The van der Waals surface area contributed by atoms with Crippen molar-refractivity contribution < 1.29 is 28.9 Å². The Balaban J connectivity index is 3.16. The van der Waals surface area contributed by atoms with E-state index in [9.17, 15) is 29.8 Å². The molecule has 0 fully saturated rings. The van der Waals surface area contributed by atoms with Gasteiger partial charge in [0, 0.05) is 6.07 Å². The summed E-state index contributed by atoms with van der Waals surface area (Å²) < 4.78 is 8.83. The number of ether oxygens (including phenoxy) is 2. The Labute approximate surface area is 134 Å². The second-order valence-corrected chi connectivity index (χ2v) is 4.13. The van der Waals surface area contributed by atoms with Crippen LogP contribution >= 0.6 is 0 Å². The molecule has 1 aromatic carbocycles. The lowest BCUT2D eigenvalue weighted by Gasteiger charge is -2.06. The van der Waals surface area contributed by atoms with Gasteiger partial charge in [-0.05, 0) is 6.07 Å². The molecule has 24 heavy (non-hydrogen) atoms. The van der Waals surface area contributed by atoms with Crippen LogP contribution in [0.3, 0.4) is 0 Å². The monoisotopic (exact) mass is 340 g/mol. The molecule has 0 aliphatic rings. The van der Waals surface area contributed by atoms with Gasteiger partial charge in [-0.1, -0.05) is 0 Å². The number of carbonyl (C=O) groups is 2. The van der Waals surface area contributed by atoms with Crippen LogP contribution in [0.15, 0.2) is 23.3 Å². The maximum atomic E-state index is 11.5. The molecule has 0 atom stereocenters. The van der Waals surface area contributed by atoms with Gasteiger partial charge in [-0.2, -0.15) is 5.10 Å². The number of carbonyl (C=O) groups excluding carboxylic acids is 2. The lowest BCUT2D eigenvalue weighted by Crippen LogP contribution is -2.21. The Kier molecular flexibility index (Phi) is 6.29. The molecule has 0 unspecified atom stereocenters. The molecule has 0 saturated carbocycles. The molecule has 1 rings (SSSR count). The minimum Gasteiger partial charge on any atom is -0.469 e. The van der Waals surface area contributed by atoms with Crippen molar-refractivity contribution >= 4 is 34.7 Å². The second kappa shape index (κ2) is 8.17. The molecule has 0 heterocycles. The van der Waals surface area contributed by atoms with Crippen LogP contribution in [0.4, 0.5) is 17.1 Å². The number of nitrogens with zero attached hydrogens (tertiary/aromatic N) is 3. The first-order valence-corrected chi connectivity index (χ1v) is 6.20. The molecule has 0 bridgehead atoms. The quantitative estimate of drug-likeness (QED) is 0.330. The third kappa shape index (κ3) is 4.72. The highest BCUT2D eigenvalue weighted by Crippen LogP contribution is 2.28. The van der Waals surface area contributed by atoms with Crippen molar-refractivity contribution in [2.75, 3.05) is 19.6 Å². The fourth-order valence-corrected chi connectivity index (χ4v) is 1.49. The number of nitro groups is 2. The number of anilines is 1. The standard InChI is InChI=1S/C12H12N4O8/c1-23-11(17)6-9(12(18)24-2)14-13-8-4-3-7(15(19)20)5-10(8)16(21)22/h3-5,13H,6H2,1-2H3/b14-9+. The van der Waals surface area contributed by atoms with Crippen LogP contribution in [0.5, 0.6) is 0 Å². The lowest BCUT2D eigenvalue weighted by molar-refractivity contribution is -0.393. The molecular weight excluding hydrogens is 328 g/mol. The maximum absolute atomic E-state index is 11.5. The van der Waals surface area contributed by atoms with Gasteiger partial charge in [0.2, 0.25) is 0 Å². The molecule has 0 aliphatic heterocycles. The zero-order valence-corrected chi connectivity index (χ0v) is 12.5. The van der Waals surface area contributed by atoms with Crippen molar-refractivity contribution in [2.45, 2.75) is 6.42 Å². The van der Waals surface area contributed by atoms with Crippen LogP contribution in [0.25, 0.3) is 0 Å². The zero-order chi connectivity index (χ0) is 18.3. The number of hydrogen-bond donors (Lipinski definition) is 1. The summed E-state index contributed by atoms with van der Waals surface area (Å²) in [5.41, 5.74) is 0.501. The van der Waals surface area contributed by atoms with Crippen molar-refractivity contribution in [3.05, 3.63) is 38.4 Å². The van der Waals surface area contributed by atoms with Crippen LogP contribution in [0, 0.1) is 20.2 Å². The number of nitro benzene ring substituents is 2. The van der Waals surface area contributed by atoms with Gasteiger partial charge < -0.3 is 9.47 Å². The van der Waals surface area contributed by atoms with Gasteiger partial charge in [-0.3, -0.25) is 30.4 Å². The van der Waals surface area contributed by atoms with Crippen LogP contribution < -0.4 is 5.43 Å². The molecule has 0 aromatic heterocycles. The number of non-ortho nitro benzene ring substituents is 1. The molecule has 0 saturated heterocycles. The summed E-state index contributed by atoms with van der Waals surface area (Å²) in [6.45, 7) is 0. The largest absolute Gasteiger partial charge is 0.469 e. The van der Waals surface area contributed by atoms with E-state index in [0.717, 1.165) is 32.4 Å². The van der Waals surface area contributed by atoms with Gasteiger partial charge in [-0.25, -0.2) is 4.79 Å². The van der Waals surface area contributed by atoms with E-state index in [1.165, 1.54) is 0 Å². The topological polar surface area (TPSA) is 163 Å². The predicted octanol–water partition coefficient (Wildman–Crippen LogP) is 1.01. The SMILES string of the molecule is COC(=O)C/C(=N\Nc1ccc([N+](=O)[O-])cc1[N+](=O)[O-])C(=O)OC. The van der Waals surface area contributed by atoms with Crippen LogP contribution in [-0.2, 0) is 19.1 Å². The molecule has 128 valence electrons. The number of nitrogens with one attached hydrogen (secondary N) is 1. The zero-order valence-electron chi connectivity index (χ0n) is 12.5. The van der Waals surface area contributed by atoms with E-state index < -0.39 is 45.3 Å². The van der Waals surface area contributed by atoms with Crippen LogP contribution in [0.1, 0.15) is 6.42 Å². The van der Waals surface area contributed by atoms with Crippen molar-refractivity contribution in [3.8, 4) is 0 Å². The minimum atomic E-state index is -0.947. The Morgan fingerprint density at radius 1 is 1.17 bits per heavy atom. The first-order valence-electron chi connectivity index (χ1n) is 6.20. The van der Waals surface area contributed by atoms with Gasteiger partial charge in [0.15, 0.2) is 5.71 Å². The lowest BCUT2D eigenvalue weighted by atomic mass is 10.2. The average Bonchev–Trinajstić information content (AvgIpc) is 2.57. The molecule has 0 radical (unpaired) electrons. The highest BCUT2D eigenvalue weighted by atomic mass is 16.6. The fraction of sp³-hybridized carbons (Fsp3) is 0.250. The van der Waals surface area contributed by atoms with E-state index in [1.54, 1.807) is 0 Å². The van der Waals surface area contributed by atoms with Crippen molar-refractivity contribution in [1.29, 1.82) is 0 Å². The van der Waals surface area contributed by atoms with Crippen molar-refractivity contribution in [2.24, 2.45) is 5.10 Å². The van der Waals surface area contributed by atoms with Gasteiger partial charge in [0.05, 0.1) is 36.6 Å². The number of rotatable bonds is 7. The van der Waals surface area contributed by atoms with E-state index in [1.807, 2.05) is 0 Å². The highest BCUT2D eigenvalue weighted by Gasteiger charge is 2.21. The molecule has 12 heteroatoms. The van der Waals surface area contributed by atoms with E-state index in [2.05, 4.69) is 20.0 Å². The summed E-state index contributed by atoms with van der Waals surface area (Å²) >= 11 is 0. The van der Waals surface area contributed by atoms with E-state index in [4.69, 9.17) is 0 Å². The van der Waals surface area contributed by atoms with Gasteiger partial charge in [0.1, 0.15) is 5.69 Å². The third-order valence-corrected chi connectivity index (χ3v) is 2.66. The molecule has 0 amide bonds. The predicted molar refractivity (Wildman–Crippen MR) is 79.5 cm³/mol. The molecule has 1 aromatic rings. The van der Waals surface area contributed by atoms with Gasteiger partial charge in [-0.15, -0.1) is 0 Å². The first kappa shape index (κ1) is 18.5. The molecule has 0 aliphatic carbocycles. The molecule has 1 N–H and O–H groups in total. The smallest absolute Gasteiger partial charge is 0.354 e. The van der Waals surface area contributed by atoms with Crippen molar-refractivity contribution in [3.63, 3.8) is 0 Å². The van der Waals surface area contributed by atoms with Gasteiger partial charge in [0.25, 0.3) is 5.69 Å². The Bertz CT molecular complexity index is 715. The van der Waals surface area contributed by atoms with E-state index >= 15 is 0 Å². The number of hydrogen-bond acceptors (Lipinski definition) is 10. The number of hydrazone groups is 1. The summed E-state index contributed by atoms with van der Waals surface area (Å²) in [6, 6.07) is 2.80. The maximum Gasteiger partial charge on any atom is 0.354 e. The summed E-state index contributed by atoms with van der Waals surface area (Å²) in [5, 5.41) is 25.2. The normalized spacial score (nSPS) is 10.7. The molecule has 0 spiro atoms. The summed E-state index contributed by atoms with van der Waals surface area (Å²) in [5.74, 6) is -1.73. The fourth-order valence-electron chi connectivity index (χ4n) is 1.49. The third-order valence-electron chi connectivity index (χ3n) is 2.66. The van der Waals surface area contributed by atoms with E-state index in [-0.39, 0.29) is 5.69 Å². The van der Waals surface area contributed by atoms with E-state index in [0.29, 0.717) is 0 Å². The summed E-state index contributed by atoms with van der Waals surface area (Å²) in [7, 11) is 2.16. The van der Waals surface area contributed by atoms with Crippen LogP contribution in [-0.4, -0.2) is 41.7 Å². The number of methoxy groups -OCH3 is 2. The Morgan fingerprint density at radius 3 is 2.33 bits per heavy atom. The van der Waals surface area contributed by atoms with Crippen molar-refractivity contribution in [1.82, 2.24) is 0 Å². The van der Waals surface area contributed by atoms with Crippen LogP contribution in [0.2, 0.25) is 0 Å².